The number of halogens is 4. The standard InChI is InChI=1S/C21H16ClF3N2O/c22-19-7-3-1-6-16(19)14-28-20-8-4-2-5-15(20)13-26-27-18-11-9-17(10-12-18)21(23,24)25/h1-13,27H,14H2. The Bertz CT molecular complexity index is 956. The first-order valence-corrected chi connectivity index (χ1v) is 8.73. The Morgan fingerprint density at radius 3 is 2.32 bits per heavy atom. The minimum Gasteiger partial charge on any atom is -0.488 e. The molecule has 0 aliphatic carbocycles. The van der Waals surface area contributed by atoms with Gasteiger partial charge >= 0.3 is 6.18 Å². The van der Waals surface area contributed by atoms with E-state index in [1.807, 2.05) is 36.4 Å². The van der Waals surface area contributed by atoms with Crippen LogP contribution >= 0.6 is 11.6 Å². The van der Waals surface area contributed by atoms with Gasteiger partial charge in [0.2, 0.25) is 0 Å². The molecule has 1 N–H and O–H groups in total. The van der Waals surface area contributed by atoms with Crippen molar-refractivity contribution in [1.82, 2.24) is 0 Å². The van der Waals surface area contributed by atoms with Gasteiger partial charge in [-0.2, -0.15) is 18.3 Å². The van der Waals surface area contributed by atoms with Crippen molar-refractivity contribution < 1.29 is 17.9 Å². The Hall–Kier alpha value is -2.99. The van der Waals surface area contributed by atoms with Gasteiger partial charge in [0.15, 0.2) is 0 Å². The average molecular weight is 405 g/mol. The zero-order valence-corrected chi connectivity index (χ0v) is 15.3. The van der Waals surface area contributed by atoms with E-state index in [0.717, 1.165) is 17.7 Å². The fourth-order valence-corrected chi connectivity index (χ4v) is 2.59. The highest BCUT2D eigenvalue weighted by Gasteiger charge is 2.29. The maximum atomic E-state index is 12.6. The van der Waals surface area contributed by atoms with E-state index in [4.69, 9.17) is 16.3 Å². The second-order valence-electron chi connectivity index (χ2n) is 5.86. The van der Waals surface area contributed by atoms with Crippen LogP contribution in [-0.2, 0) is 12.8 Å². The van der Waals surface area contributed by atoms with Gasteiger partial charge in [-0.05, 0) is 42.5 Å². The third kappa shape index (κ3) is 5.27. The highest BCUT2D eigenvalue weighted by Crippen LogP contribution is 2.29. The summed E-state index contributed by atoms with van der Waals surface area (Å²) in [7, 11) is 0. The van der Waals surface area contributed by atoms with Gasteiger partial charge in [0.25, 0.3) is 0 Å². The molecule has 7 heteroatoms. The van der Waals surface area contributed by atoms with Crippen molar-refractivity contribution in [1.29, 1.82) is 0 Å². The van der Waals surface area contributed by atoms with E-state index in [2.05, 4.69) is 10.5 Å². The van der Waals surface area contributed by atoms with Crippen molar-refractivity contribution in [2.75, 3.05) is 5.43 Å². The number of alkyl halides is 3. The van der Waals surface area contributed by atoms with Crippen molar-refractivity contribution in [2.24, 2.45) is 5.10 Å². The van der Waals surface area contributed by atoms with E-state index >= 15 is 0 Å². The lowest BCUT2D eigenvalue weighted by molar-refractivity contribution is -0.137. The van der Waals surface area contributed by atoms with Crippen LogP contribution in [-0.4, -0.2) is 6.21 Å². The first kappa shape index (κ1) is 19.8. The van der Waals surface area contributed by atoms with Gasteiger partial charge in [0, 0.05) is 16.1 Å². The Morgan fingerprint density at radius 2 is 1.61 bits per heavy atom. The molecular formula is C21H16ClF3N2O. The molecule has 0 aliphatic heterocycles. The smallest absolute Gasteiger partial charge is 0.416 e. The lowest BCUT2D eigenvalue weighted by Gasteiger charge is -2.10. The van der Waals surface area contributed by atoms with E-state index in [0.29, 0.717) is 28.6 Å². The van der Waals surface area contributed by atoms with E-state index in [1.54, 1.807) is 18.3 Å². The molecule has 0 amide bonds. The molecule has 28 heavy (non-hydrogen) atoms. The molecule has 0 saturated heterocycles. The molecule has 144 valence electrons. The largest absolute Gasteiger partial charge is 0.488 e. The lowest BCUT2D eigenvalue weighted by atomic mass is 10.2. The topological polar surface area (TPSA) is 33.6 Å². The number of benzene rings is 3. The van der Waals surface area contributed by atoms with Crippen molar-refractivity contribution >= 4 is 23.5 Å². The number of anilines is 1. The number of rotatable bonds is 6. The van der Waals surface area contributed by atoms with Crippen LogP contribution in [0.2, 0.25) is 5.02 Å². The number of para-hydroxylation sites is 1. The summed E-state index contributed by atoms with van der Waals surface area (Å²) in [6, 6.07) is 19.3. The Balaban J connectivity index is 1.65. The molecule has 0 aromatic heterocycles. The molecule has 0 atom stereocenters. The minimum atomic E-state index is -4.36. The number of hydrazone groups is 1. The zero-order chi connectivity index (χ0) is 20.0. The van der Waals surface area contributed by atoms with Crippen LogP contribution in [0.15, 0.2) is 77.9 Å². The molecule has 0 aliphatic rings. The molecule has 3 aromatic rings. The second-order valence-corrected chi connectivity index (χ2v) is 6.27. The SMILES string of the molecule is FC(F)(F)c1ccc(NN=Cc2ccccc2OCc2ccccc2Cl)cc1. The van der Waals surface area contributed by atoms with E-state index in [9.17, 15) is 13.2 Å². The number of ether oxygens (including phenoxy) is 1. The van der Waals surface area contributed by atoms with Crippen LogP contribution in [0.25, 0.3) is 0 Å². The van der Waals surface area contributed by atoms with Gasteiger partial charge < -0.3 is 4.74 Å². The van der Waals surface area contributed by atoms with Gasteiger partial charge in [-0.25, -0.2) is 0 Å². The van der Waals surface area contributed by atoms with Gasteiger partial charge in [-0.3, -0.25) is 5.43 Å². The highest BCUT2D eigenvalue weighted by molar-refractivity contribution is 6.31. The van der Waals surface area contributed by atoms with Crippen molar-refractivity contribution in [3.63, 3.8) is 0 Å². The summed E-state index contributed by atoms with van der Waals surface area (Å²) in [5.41, 5.74) is 4.02. The molecule has 0 saturated carbocycles. The molecule has 0 unspecified atom stereocenters. The highest BCUT2D eigenvalue weighted by atomic mass is 35.5. The normalized spacial score (nSPS) is 11.6. The summed E-state index contributed by atoms with van der Waals surface area (Å²) >= 11 is 6.13. The summed E-state index contributed by atoms with van der Waals surface area (Å²) in [6.07, 6.45) is -2.82. The maximum Gasteiger partial charge on any atom is 0.416 e. The van der Waals surface area contributed by atoms with E-state index in [-0.39, 0.29) is 0 Å². The van der Waals surface area contributed by atoms with Gasteiger partial charge in [0.05, 0.1) is 17.5 Å². The third-order valence-electron chi connectivity index (χ3n) is 3.87. The fourth-order valence-electron chi connectivity index (χ4n) is 2.40. The summed E-state index contributed by atoms with van der Waals surface area (Å²) in [6.45, 7) is 0.302. The quantitative estimate of drug-likeness (QED) is 0.382. The molecule has 0 heterocycles. The van der Waals surface area contributed by atoms with Crippen molar-refractivity contribution in [3.05, 3.63) is 94.5 Å². The third-order valence-corrected chi connectivity index (χ3v) is 4.24. The zero-order valence-electron chi connectivity index (χ0n) is 14.6. The molecule has 0 bridgehead atoms. The van der Waals surface area contributed by atoms with Crippen LogP contribution in [0.5, 0.6) is 5.75 Å². The lowest BCUT2D eigenvalue weighted by Crippen LogP contribution is -2.04. The van der Waals surface area contributed by atoms with E-state index in [1.165, 1.54) is 12.1 Å². The molecule has 3 nitrogen and oxygen atoms in total. The average Bonchev–Trinajstić information content (AvgIpc) is 2.68. The number of hydrogen-bond acceptors (Lipinski definition) is 3. The van der Waals surface area contributed by atoms with Gasteiger partial charge in [-0.15, -0.1) is 0 Å². The number of hydrogen-bond donors (Lipinski definition) is 1. The van der Waals surface area contributed by atoms with Crippen LogP contribution < -0.4 is 10.2 Å². The summed E-state index contributed by atoms with van der Waals surface area (Å²) < 4.78 is 43.6. The van der Waals surface area contributed by atoms with Gasteiger partial charge in [-0.1, -0.05) is 41.9 Å². The summed E-state index contributed by atoms with van der Waals surface area (Å²) in [4.78, 5) is 0. The van der Waals surface area contributed by atoms with Crippen LogP contribution in [0.3, 0.4) is 0 Å². The van der Waals surface area contributed by atoms with Crippen molar-refractivity contribution in [2.45, 2.75) is 12.8 Å². The number of nitrogens with one attached hydrogen (secondary N) is 1. The molecule has 3 aromatic carbocycles. The van der Waals surface area contributed by atoms with Crippen LogP contribution in [0.4, 0.5) is 18.9 Å². The molecule has 0 fully saturated rings. The first-order valence-electron chi connectivity index (χ1n) is 8.35. The Morgan fingerprint density at radius 1 is 0.929 bits per heavy atom. The second kappa shape index (κ2) is 8.80. The number of nitrogens with zero attached hydrogens (tertiary/aromatic N) is 1. The predicted molar refractivity (Wildman–Crippen MR) is 105 cm³/mol. The Kier molecular flexibility index (Phi) is 6.21. The summed E-state index contributed by atoms with van der Waals surface area (Å²) in [5, 5.41) is 4.70. The molecule has 0 spiro atoms. The maximum absolute atomic E-state index is 12.6. The monoisotopic (exact) mass is 404 g/mol. The fraction of sp³-hybridized carbons (Fsp3) is 0.0952. The molecule has 3 rings (SSSR count). The van der Waals surface area contributed by atoms with Crippen molar-refractivity contribution in [3.8, 4) is 5.75 Å². The molecular weight excluding hydrogens is 389 g/mol. The first-order chi connectivity index (χ1) is 13.4. The van der Waals surface area contributed by atoms with Crippen LogP contribution in [0.1, 0.15) is 16.7 Å². The van der Waals surface area contributed by atoms with Gasteiger partial charge in [0.1, 0.15) is 12.4 Å². The Labute approximate surface area is 165 Å². The van der Waals surface area contributed by atoms with E-state index < -0.39 is 11.7 Å². The molecule has 0 radical (unpaired) electrons. The van der Waals surface area contributed by atoms with Crippen LogP contribution in [0, 0.1) is 0 Å². The summed E-state index contributed by atoms with van der Waals surface area (Å²) in [5.74, 6) is 0.611. The minimum absolute atomic E-state index is 0.302. The predicted octanol–water partition coefficient (Wildman–Crippen LogP) is 6.38.